The van der Waals surface area contributed by atoms with Gasteiger partial charge in [-0.05, 0) is 38.1 Å². The van der Waals surface area contributed by atoms with Gasteiger partial charge in [-0.1, -0.05) is 0 Å². The van der Waals surface area contributed by atoms with Gasteiger partial charge in [0, 0.05) is 70.0 Å². The zero-order chi connectivity index (χ0) is 20.8. The van der Waals surface area contributed by atoms with Crippen LogP contribution in [0.2, 0.25) is 0 Å². The molecule has 3 rings (SSSR count). The van der Waals surface area contributed by atoms with E-state index in [1.165, 1.54) is 0 Å². The molecule has 1 N–H and O–H groups in total. The minimum absolute atomic E-state index is 0.0858. The third-order valence-electron chi connectivity index (χ3n) is 5.16. The van der Waals surface area contributed by atoms with E-state index in [1.54, 1.807) is 19.3 Å². The van der Waals surface area contributed by atoms with Crippen molar-refractivity contribution in [2.45, 2.75) is 20.8 Å². The van der Waals surface area contributed by atoms with E-state index in [2.05, 4.69) is 34.0 Å². The average molecular weight is 396 g/mol. The van der Waals surface area contributed by atoms with Crippen LogP contribution in [0.25, 0.3) is 0 Å². The first-order valence-corrected chi connectivity index (χ1v) is 10.0. The molecule has 1 fully saturated rings. The van der Waals surface area contributed by atoms with Gasteiger partial charge in [-0.25, -0.2) is 9.97 Å². The highest BCUT2D eigenvalue weighted by molar-refractivity contribution is 6.04. The van der Waals surface area contributed by atoms with Gasteiger partial charge in [-0.2, -0.15) is 0 Å². The molecule has 0 aliphatic carbocycles. The summed E-state index contributed by atoms with van der Waals surface area (Å²) in [7, 11) is 0. The maximum atomic E-state index is 12.5. The van der Waals surface area contributed by atoms with Gasteiger partial charge in [-0.15, -0.1) is 0 Å². The van der Waals surface area contributed by atoms with E-state index in [4.69, 9.17) is 0 Å². The molecule has 29 heavy (non-hydrogen) atoms. The molecule has 1 saturated heterocycles. The molecule has 2 heterocycles. The van der Waals surface area contributed by atoms with Crippen molar-refractivity contribution < 1.29 is 9.59 Å². The summed E-state index contributed by atoms with van der Waals surface area (Å²) in [6.45, 7) is 10.4. The molecule has 0 atom stereocenters. The number of rotatable bonds is 6. The normalized spacial score (nSPS) is 13.9. The van der Waals surface area contributed by atoms with E-state index in [0.717, 1.165) is 24.5 Å². The van der Waals surface area contributed by atoms with Crippen molar-refractivity contribution in [1.82, 2.24) is 14.9 Å². The molecule has 0 bridgehead atoms. The Kier molecular flexibility index (Phi) is 6.64. The molecule has 1 aromatic carbocycles. The highest BCUT2D eigenvalue weighted by Gasteiger charge is 2.20. The third-order valence-corrected chi connectivity index (χ3v) is 5.16. The number of benzene rings is 1. The van der Waals surface area contributed by atoms with Crippen LogP contribution in [0, 0.1) is 0 Å². The zero-order valence-corrected chi connectivity index (χ0v) is 17.3. The molecule has 2 amide bonds. The fourth-order valence-corrected chi connectivity index (χ4v) is 3.37. The predicted octanol–water partition coefficient (Wildman–Crippen LogP) is 2.24. The van der Waals surface area contributed by atoms with Crippen LogP contribution in [0.4, 0.5) is 17.3 Å². The topological polar surface area (TPSA) is 81.7 Å². The first-order chi connectivity index (χ1) is 14.0. The number of carbonyl (C=O) groups excluding carboxylic acids is 2. The molecule has 0 radical (unpaired) electrons. The molecular formula is C21H28N6O2. The average Bonchev–Trinajstić information content (AvgIpc) is 2.76. The number of nitrogens with zero attached hydrogens (tertiary/aromatic N) is 5. The number of aromatic nitrogens is 2. The van der Waals surface area contributed by atoms with Crippen molar-refractivity contribution in [3.05, 3.63) is 42.2 Å². The number of anilines is 3. The first-order valence-electron chi connectivity index (χ1n) is 10.0. The lowest BCUT2D eigenvalue weighted by Crippen LogP contribution is -2.48. The molecule has 0 spiro atoms. The van der Waals surface area contributed by atoms with Crippen molar-refractivity contribution in [2.24, 2.45) is 0 Å². The molecule has 1 aliphatic heterocycles. The Morgan fingerprint density at radius 3 is 2.10 bits per heavy atom. The summed E-state index contributed by atoms with van der Waals surface area (Å²) in [6, 6.07) is 7.80. The van der Waals surface area contributed by atoms with Gasteiger partial charge in [0.25, 0.3) is 5.91 Å². The van der Waals surface area contributed by atoms with Gasteiger partial charge in [0.15, 0.2) is 0 Å². The minimum Gasteiger partial charge on any atom is -0.372 e. The number of hydrogen-bond donors (Lipinski definition) is 1. The highest BCUT2D eigenvalue weighted by atomic mass is 16.2. The molecule has 8 heteroatoms. The van der Waals surface area contributed by atoms with E-state index >= 15 is 0 Å². The van der Waals surface area contributed by atoms with Gasteiger partial charge in [0.2, 0.25) is 11.9 Å². The van der Waals surface area contributed by atoms with Crippen molar-refractivity contribution in [3.63, 3.8) is 0 Å². The minimum atomic E-state index is -0.242. The zero-order valence-electron chi connectivity index (χ0n) is 17.3. The Bertz CT molecular complexity index is 825. The van der Waals surface area contributed by atoms with Crippen LogP contribution < -0.4 is 15.1 Å². The van der Waals surface area contributed by atoms with Crippen molar-refractivity contribution in [2.75, 3.05) is 54.4 Å². The number of nitrogens with one attached hydrogen (secondary N) is 1. The van der Waals surface area contributed by atoms with E-state index < -0.39 is 0 Å². The molecule has 154 valence electrons. The van der Waals surface area contributed by atoms with Crippen molar-refractivity contribution in [3.8, 4) is 0 Å². The smallest absolute Gasteiger partial charge is 0.258 e. The van der Waals surface area contributed by atoms with Crippen LogP contribution in [0.15, 0.2) is 36.7 Å². The molecular weight excluding hydrogens is 368 g/mol. The van der Waals surface area contributed by atoms with Gasteiger partial charge < -0.3 is 20.0 Å². The molecule has 2 aromatic rings. The second-order valence-corrected chi connectivity index (χ2v) is 6.94. The molecule has 0 unspecified atom stereocenters. The number of piperazine rings is 1. The largest absolute Gasteiger partial charge is 0.372 e. The van der Waals surface area contributed by atoms with Crippen LogP contribution in [0.1, 0.15) is 31.1 Å². The quantitative estimate of drug-likeness (QED) is 0.807. The standard InChI is InChI=1S/C21H28N6O2/c1-4-25(5-2)19-8-6-18(7-9-19)24-20(29)17-14-22-21(23-15-17)27-12-10-26(11-13-27)16(3)28/h6-9,14-15H,4-5,10-13H2,1-3H3,(H,24,29). The first kappa shape index (κ1) is 20.6. The summed E-state index contributed by atoms with van der Waals surface area (Å²) in [6.07, 6.45) is 3.08. The van der Waals surface area contributed by atoms with E-state index in [0.29, 0.717) is 37.7 Å². The summed E-state index contributed by atoms with van der Waals surface area (Å²) in [5.74, 6) is 0.421. The number of carbonyl (C=O) groups is 2. The molecule has 0 saturated carbocycles. The molecule has 1 aromatic heterocycles. The second kappa shape index (κ2) is 9.36. The third kappa shape index (κ3) is 5.01. The van der Waals surface area contributed by atoms with Crippen LogP contribution in [0.5, 0.6) is 0 Å². The fraction of sp³-hybridized carbons (Fsp3) is 0.429. The Labute approximate surface area is 171 Å². The van der Waals surface area contributed by atoms with E-state index in [1.807, 2.05) is 34.1 Å². The molecule has 1 aliphatic rings. The van der Waals surface area contributed by atoms with Crippen LogP contribution in [-0.2, 0) is 4.79 Å². The maximum Gasteiger partial charge on any atom is 0.258 e. The SMILES string of the molecule is CCN(CC)c1ccc(NC(=O)c2cnc(N3CCN(C(C)=O)CC3)nc2)cc1. The van der Waals surface area contributed by atoms with E-state index in [9.17, 15) is 9.59 Å². The lowest BCUT2D eigenvalue weighted by molar-refractivity contribution is -0.129. The van der Waals surface area contributed by atoms with Crippen LogP contribution >= 0.6 is 0 Å². The van der Waals surface area contributed by atoms with Gasteiger partial charge >= 0.3 is 0 Å². The van der Waals surface area contributed by atoms with Crippen LogP contribution in [0.3, 0.4) is 0 Å². The monoisotopic (exact) mass is 396 g/mol. The lowest BCUT2D eigenvalue weighted by Gasteiger charge is -2.34. The number of hydrogen-bond acceptors (Lipinski definition) is 6. The molecule has 8 nitrogen and oxygen atoms in total. The Hall–Kier alpha value is -3.16. The van der Waals surface area contributed by atoms with Crippen LogP contribution in [-0.4, -0.2) is 66.0 Å². The van der Waals surface area contributed by atoms with Crippen molar-refractivity contribution in [1.29, 1.82) is 0 Å². The Morgan fingerprint density at radius 1 is 1.00 bits per heavy atom. The summed E-state index contributed by atoms with van der Waals surface area (Å²) in [4.78, 5) is 38.7. The summed E-state index contributed by atoms with van der Waals surface area (Å²) in [5.41, 5.74) is 2.27. The predicted molar refractivity (Wildman–Crippen MR) is 114 cm³/mol. The highest BCUT2D eigenvalue weighted by Crippen LogP contribution is 2.18. The summed E-state index contributed by atoms with van der Waals surface area (Å²) in [5, 5.41) is 2.88. The Balaban J connectivity index is 1.58. The van der Waals surface area contributed by atoms with Gasteiger partial charge in [-0.3, -0.25) is 9.59 Å². The fourth-order valence-electron chi connectivity index (χ4n) is 3.37. The van der Waals surface area contributed by atoms with Gasteiger partial charge in [0.1, 0.15) is 0 Å². The lowest BCUT2D eigenvalue weighted by atomic mass is 10.2. The summed E-state index contributed by atoms with van der Waals surface area (Å²) < 4.78 is 0. The number of amides is 2. The summed E-state index contributed by atoms with van der Waals surface area (Å²) >= 11 is 0. The Morgan fingerprint density at radius 2 is 1.59 bits per heavy atom. The van der Waals surface area contributed by atoms with E-state index in [-0.39, 0.29) is 11.8 Å². The second-order valence-electron chi connectivity index (χ2n) is 6.94. The van der Waals surface area contributed by atoms with Crippen molar-refractivity contribution >= 4 is 29.1 Å². The maximum absolute atomic E-state index is 12.5. The van der Waals surface area contributed by atoms with Gasteiger partial charge in [0.05, 0.1) is 5.56 Å².